The maximum atomic E-state index is 13.6. The second kappa shape index (κ2) is 12.5. The van der Waals surface area contributed by atoms with E-state index in [2.05, 4.69) is 15.6 Å². The van der Waals surface area contributed by atoms with Crippen LogP contribution in [0.1, 0.15) is 35.6 Å². The van der Waals surface area contributed by atoms with Gasteiger partial charge in [-0.25, -0.2) is 9.59 Å². The molecule has 1 atom stereocenters. The highest BCUT2D eigenvalue weighted by Gasteiger charge is 2.29. The molecule has 0 spiro atoms. The number of urea groups is 1. The standard InChI is InChI=1S/C34H36N6O3/c35-21-23-7-5-8-24(19-23)22-36-32(41)30(20-26-11-6-10-25-9-1-2-12-28(25)26)38-33(42)39-17-15-27(16-18-39)40-31-14-4-3-13-29(31)37-34(40)43/h1-14,19,27,30H,15-18,20-22,35H2,(H,36,41)(H,37,43)(H,38,42). The Morgan fingerprint density at radius 2 is 1.63 bits per heavy atom. The third-order valence-corrected chi connectivity index (χ3v) is 8.35. The van der Waals surface area contributed by atoms with Gasteiger partial charge in [0, 0.05) is 38.6 Å². The van der Waals surface area contributed by atoms with Crippen LogP contribution in [-0.2, 0) is 24.3 Å². The van der Waals surface area contributed by atoms with Gasteiger partial charge in [0.25, 0.3) is 0 Å². The van der Waals surface area contributed by atoms with E-state index in [1.54, 1.807) is 9.47 Å². The molecule has 0 radical (unpaired) electrons. The van der Waals surface area contributed by atoms with Crippen LogP contribution >= 0.6 is 0 Å². The van der Waals surface area contributed by atoms with Crippen LogP contribution in [0, 0.1) is 0 Å². The molecule has 1 aliphatic heterocycles. The lowest BCUT2D eigenvalue weighted by molar-refractivity contribution is -0.123. The summed E-state index contributed by atoms with van der Waals surface area (Å²) in [5.74, 6) is -0.250. The average molecular weight is 577 g/mol. The summed E-state index contributed by atoms with van der Waals surface area (Å²) >= 11 is 0. The summed E-state index contributed by atoms with van der Waals surface area (Å²) in [6, 6.07) is 28.5. The van der Waals surface area contributed by atoms with Crippen molar-refractivity contribution in [3.8, 4) is 0 Å². The average Bonchev–Trinajstić information content (AvgIpc) is 3.39. The van der Waals surface area contributed by atoms with Gasteiger partial charge in [-0.2, -0.15) is 0 Å². The number of aromatic amines is 1. The van der Waals surface area contributed by atoms with Crippen LogP contribution in [0.5, 0.6) is 0 Å². The lowest BCUT2D eigenvalue weighted by Crippen LogP contribution is -2.53. The molecule has 0 bridgehead atoms. The fourth-order valence-corrected chi connectivity index (χ4v) is 6.08. The first-order chi connectivity index (χ1) is 21.0. The third kappa shape index (κ3) is 6.17. The van der Waals surface area contributed by atoms with Gasteiger partial charge < -0.3 is 26.3 Å². The Labute approximate surface area is 249 Å². The zero-order valence-electron chi connectivity index (χ0n) is 24.0. The molecule has 220 valence electrons. The predicted octanol–water partition coefficient (Wildman–Crippen LogP) is 4.22. The molecule has 0 aliphatic carbocycles. The van der Waals surface area contributed by atoms with E-state index in [0.29, 0.717) is 45.4 Å². The number of likely N-dealkylation sites (tertiary alicyclic amines) is 1. The topological polar surface area (TPSA) is 125 Å². The van der Waals surface area contributed by atoms with E-state index >= 15 is 0 Å². The van der Waals surface area contributed by atoms with Crippen molar-refractivity contribution in [1.82, 2.24) is 25.1 Å². The van der Waals surface area contributed by atoms with Crippen LogP contribution in [0.3, 0.4) is 0 Å². The second-order valence-corrected chi connectivity index (χ2v) is 11.1. The molecule has 1 unspecified atom stereocenters. The van der Waals surface area contributed by atoms with E-state index in [1.165, 1.54) is 0 Å². The molecule has 5 N–H and O–H groups in total. The van der Waals surface area contributed by atoms with Gasteiger partial charge in [-0.3, -0.25) is 9.36 Å². The highest BCUT2D eigenvalue weighted by atomic mass is 16.2. The molecule has 5 aromatic rings. The number of nitrogens with two attached hydrogens (primary N) is 1. The number of hydrogen-bond donors (Lipinski definition) is 4. The molecule has 6 rings (SSSR count). The van der Waals surface area contributed by atoms with Gasteiger partial charge in [-0.1, -0.05) is 78.9 Å². The number of carbonyl (C=O) groups is 2. The molecule has 1 aliphatic rings. The number of H-pyrrole nitrogens is 1. The molecule has 3 amide bonds. The van der Waals surface area contributed by atoms with Gasteiger partial charge in [0.1, 0.15) is 6.04 Å². The summed E-state index contributed by atoms with van der Waals surface area (Å²) in [7, 11) is 0. The fourth-order valence-electron chi connectivity index (χ4n) is 6.08. The van der Waals surface area contributed by atoms with Crippen molar-refractivity contribution in [2.45, 2.75) is 44.4 Å². The number of nitrogens with zero attached hydrogens (tertiary/aromatic N) is 2. The van der Waals surface area contributed by atoms with Gasteiger partial charge in [0.2, 0.25) is 5.91 Å². The first-order valence-corrected chi connectivity index (χ1v) is 14.8. The van der Waals surface area contributed by atoms with E-state index in [-0.39, 0.29) is 23.7 Å². The largest absolute Gasteiger partial charge is 0.350 e. The van der Waals surface area contributed by atoms with Crippen LogP contribution in [0.2, 0.25) is 0 Å². The summed E-state index contributed by atoms with van der Waals surface area (Å²) < 4.78 is 1.81. The number of para-hydroxylation sites is 2. The van der Waals surface area contributed by atoms with Crippen molar-refractivity contribution in [2.24, 2.45) is 5.73 Å². The van der Waals surface area contributed by atoms with Gasteiger partial charge in [0.15, 0.2) is 0 Å². The summed E-state index contributed by atoms with van der Waals surface area (Å²) in [6.07, 6.45) is 1.64. The Balaban J connectivity index is 1.17. The molecule has 9 nitrogen and oxygen atoms in total. The Bertz CT molecular complexity index is 1810. The van der Waals surface area contributed by atoms with E-state index < -0.39 is 6.04 Å². The van der Waals surface area contributed by atoms with Crippen molar-refractivity contribution >= 4 is 33.7 Å². The number of benzene rings is 4. The van der Waals surface area contributed by atoms with Crippen LogP contribution in [-0.4, -0.2) is 45.5 Å². The molecule has 1 fully saturated rings. The Morgan fingerprint density at radius 1 is 0.907 bits per heavy atom. The third-order valence-electron chi connectivity index (χ3n) is 8.35. The second-order valence-electron chi connectivity index (χ2n) is 11.1. The van der Waals surface area contributed by atoms with Crippen LogP contribution in [0.4, 0.5) is 4.79 Å². The maximum Gasteiger partial charge on any atom is 0.326 e. The molecule has 0 saturated carbocycles. The van der Waals surface area contributed by atoms with Crippen LogP contribution in [0.15, 0.2) is 95.8 Å². The quantitative estimate of drug-likeness (QED) is 0.221. The first-order valence-electron chi connectivity index (χ1n) is 14.8. The number of rotatable bonds is 8. The minimum absolute atomic E-state index is 0.00763. The van der Waals surface area contributed by atoms with Crippen molar-refractivity contribution in [3.05, 3.63) is 118 Å². The molecule has 4 aromatic carbocycles. The lowest BCUT2D eigenvalue weighted by Gasteiger charge is -2.33. The number of piperidine rings is 1. The number of imidazole rings is 1. The summed E-state index contributed by atoms with van der Waals surface area (Å²) in [6.45, 7) is 1.72. The summed E-state index contributed by atoms with van der Waals surface area (Å²) in [4.78, 5) is 44.5. The molecule has 1 aromatic heterocycles. The van der Waals surface area contributed by atoms with Gasteiger partial charge in [0.05, 0.1) is 11.0 Å². The van der Waals surface area contributed by atoms with Crippen molar-refractivity contribution < 1.29 is 9.59 Å². The van der Waals surface area contributed by atoms with Gasteiger partial charge >= 0.3 is 11.7 Å². The van der Waals surface area contributed by atoms with Crippen LogP contribution in [0.25, 0.3) is 21.8 Å². The highest BCUT2D eigenvalue weighted by molar-refractivity contribution is 5.90. The summed E-state index contributed by atoms with van der Waals surface area (Å²) in [5, 5.41) is 8.19. The molecule has 43 heavy (non-hydrogen) atoms. The highest BCUT2D eigenvalue weighted by Crippen LogP contribution is 2.25. The maximum absolute atomic E-state index is 13.6. The number of carbonyl (C=O) groups excluding carboxylic acids is 2. The zero-order chi connectivity index (χ0) is 29.8. The van der Waals surface area contributed by atoms with E-state index in [0.717, 1.165) is 38.5 Å². The van der Waals surface area contributed by atoms with E-state index in [4.69, 9.17) is 5.73 Å². The predicted molar refractivity (Wildman–Crippen MR) is 169 cm³/mol. The first kappa shape index (κ1) is 28.2. The molecule has 1 saturated heterocycles. The zero-order valence-corrected chi connectivity index (χ0v) is 24.0. The molecule has 2 heterocycles. The van der Waals surface area contributed by atoms with Crippen LogP contribution < -0.4 is 22.1 Å². The SMILES string of the molecule is NCc1cccc(CNC(=O)C(Cc2cccc3ccccc23)NC(=O)N2CCC(n3c(=O)[nH]c4ccccc43)CC2)c1. The Kier molecular flexibility index (Phi) is 8.24. The van der Waals surface area contributed by atoms with E-state index in [1.807, 2.05) is 91.0 Å². The van der Waals surface area contributed by atoms with Gasteiger partial charge in [-0.05, 0) is 52.4 Å². The Morgan fingerprint density at radius 3 is 2.47 bits per heavy atom. The molecular formula is C34H36N6O3. The number of hydrogen-bond acceptors (Lipinski definition) is 4. The minimum atomic E-state index is -0.773. The van der Waals surface area contributed by atoms with Gasteiger partial charge in [-0.15, -0.1) is 0 Å². The number of aromatic nitrogens is 2. The number of fused-ring (bicyclic) bond motifs is 2. The number of nitrogens with one attached hydrogen (secondary N) is 3. The molecule has 9 heteroatoms. The van der Waals surface area contributed by atoms with Crippen molar-refractivity contribution in [1.29, 1.82) is 0 Å². The normalized spacial score (nSPS) is 14.6. The summed E-state index contributed by atoms with van der Waals surface area (Å²) in [5.41, 5.74) is 10.3. The van der Waals surface area contributed by atoms with Crippen molar-refractivity contribution in [2.75, 3.05) is 13.1 Å². The van der Waals surface area contributed by atoms with E-state index in [9.17, 15) is 14.4 Å². The van der Waals surface area contributed by atoms with Crippen molar-refractivity contribution in [3.63, 3.8) is 0 Å². The monoisotopic (exact) mass is 576 g/mol. The number of amides is 3. The fraction of sp³-hybridized carbons (Fsp3) is 0.265. The molecular weight excluding hydrogens is 540 g/mol. The lowest BCUT2D eigenvalue weighted by atomic mass is 9.98. The minimum Gasteiger partial charge on any atom is -0.350 e. The smallest absolute Gasteiger partial charge is 0.326 e. The Hall–Kier alpha value is -4.89.